The van der Waals surface area contributed by atoms with Crippen molar-refractivity contribution in [3.63, 3.8) is 0 Å². The number of hydrogen-bond donors (Lipinski definition) is 1. The van der Waals surface area contributed by atoms with Gasteiger partial charge in [-0.2, -0.15) is 0 Å². The highest BCUT2D eigenvalue weighted by Gasteiger charge is 2.30. The molecule has 2 fully saturated rings. The maximum atomic E-state index is 12.4. The summed E-state index contributed by atoms with van der Waals surface area (Å²) in [5, 5.41) is 3.65. The van der Waals surface area contributed by atoms with Gasteiger partial charge in [0.2, 0.25) is 0 Å². The maximum absolute atomic E-state index is 12.4. The second-order valence-corrected chi connectivity index (χ2v) is 7.02. The molecule has 1 N–H and O–H groups in total. The molecule has 4 nitrogen and oxygen atoms in total. The lowest BCUT2D eigenvalue weighted by atomic mass is 9.85. The molecule has 1 aliphatic carbocycles. The lowest BCUT2D eigenvalue weighted by Gasteiger charge is -2.38. The van der Waals surface area contributed by atoms with Gasteiger partial charge in [0, 0.05) is 18.6 Å². The minimum Gasteiger partial charge on any atom is -0.445 e. The van der Waals surface area contributed by atoms with Crippen molar-refractivity contribution >= 4 is 6.09 Å². The van der Waals surface area contributed by atoms with Crippen LogP contribution in [0.1, 0.15) is 44.6 Å². The Kier molecular flexibility index (Phi) is 5.55. The van der Waals surface area contributed by atoms with Crippen molar-refractivity contribution in [2.45, 2.75) is 57.7 Å². The van der Waals surface area contributed by atoms with Crippen molar-refractivity contribution in [3.05, 3.63) is 35.9 Å². The largest absolute Gasteiger partial charge is 0.445 e. The molecule has 23 heavy (non-hydrogen) atoms. The molecular weight excluding hydrogens is 288 g/mol. The van der Waals surface area contributed by atoms with Gasteiger partial charge in [-0.25, -0.2) is 4.79 Å². The molecule has 0 unspecified atom stereocenters. The monoisotopic (exact) mass is 316 g/mol. The van der Waals surface area contributed by atoms with Gasteiger partial charge in [0.25, 0.3) is 0 Å². The Hall–Kier alpha value is -1.55. The highest BCUT2D eigenvalue weighted by molar-refractivity contribution is 5.68. The van der Waals surface area contributed by atoms with Crippen molar-refractivity contribution < 1.29 is 9.53 Å². The van der Waals surface area contributed by atoms with Crippen LogP contribution in [-0.4, -0.2) is 36.2 Å². The average molecular weight is 316 g/mol. The molecule has 1 aliphatic heterocycles. The summed E-state index contributed by atoms with van der Waals surface area (Å²) < 4.78 is 5.50. The molecule has 1 amide bonds. The highest BCUT2D eigenvalue weighted by atomic mass is 16.6. The van der Waals surface area contributed by atoms with Gasteiger partial charge < -0.3 is 15.0 Å². The van der Waals surface area contributed by atoms with E-state index in [-0.39, 0.29) is 12.1 Å². The van der Waals surface area contributed by atoms with Gasteiger partial charge in [-0.1, -0.05) is 36.8 Å². The van der Waals surface area contributed by atoms with Crippen LogP contribution in [0.3, 0.4) is 0 Å². The van der Waals surface area contributed by atoms with E-state index in [1.807, 2.05) is 35.2 Å². The third kappa shape index (κ3) is 4.47. The maximum Gasteiger partial charge on any atom is 0.410 e. The topological polar surface area (TPSA) is 41.6 Å². The second-order valence-electron chi connectivity index (χ2n) is 7.02. The molecule has 4 heteroatoms. The van der Waals surface area contributed by atoms with Crippen molar-refractivity contribution in [2.75, 3.05) is 13.1 Å². The van der Waals surface area contributed by atoms with Gasteiger partial charge in [-0.3, -0.25) is 0 Å². The molecule has 0 spiro atoms. The van der Waals surface area contributed by atoms with E-state index in [1.54, 1.807) is 0 Å². The molecule has 3 rings (SSSR count). The lowest BCUT2D eigenvalue weighted by Crippen LogP contribution is -2.52. The van der Waals surface area contributed by atoms with Crippen LogP contribution in [0, 0.1) is 5.92 Å². The van der Waals surface area contributed by atoms with Crippen molar-refractivity contribution in [1.82, 2.24) is 10.2 Å². The zero-order valence-corrected chi connectivity index (χ0v) is 14.0. The van der Waals surface area contributed by atoms with E-state index in [0.717, 1.165) is 37.4 Å². The Balaban J connectivity index is 1.46. The fourth-order valence-electron chi connectivity index (χ4n) is 3.36. The van der Waals surface area contributed by atoms with E-state index < -0.39 is 0 Å². The van der Waals surface area contributed by atoms with E-state index >= 15 is 0 Å². The quantitative estimate of drug-likeness (QED) is 0.903. The Bertz CT molecular complexity index is 501. The summed E-state index contributed by atoms with van der Waals surface area (Å²) in [6.45, 7) is 4.34. The first-order valence-electron chi connectivity index (χ1n) is 8.93. The predicted octanol–water partition coefficient (Wildman–Crippen LogP) is 3.57. The van der Waals surface area contributed by atoms with Crippen LogP contribution in [0.4, 0.5) is 4.79 Å². The Morgan fingerprint density at radius 2 is 2.00 bits per heavy atom. The molecular formula is C19H28N2O2. The summed E-state index contributed by atoms with van der Waals surface area (Å²) in [6.07, 6.45) is 6.11. The van der Waals surface area contributed by atoms with Crippen LogP contribution in [0.25, 0.3) is 0 Å². The normalized spacial score (nSPS) is 25.0. The summed E-state index contributed by atoms with van der Waals surface area (Å²) in [7, 11) is 0. The lowest BCUT2D eigenvalue weighted by molar-refractivity contribution is 0.0633. The number of piperidine rings is 1. The van der Waals surface area contributed by atoms with Crippen LogP contribution in [0.2, 0.25) is 0 Å². The number of ether oxygens (including phenoxy) is 1. The first-order valence-corrected chi connectivity index (χ1v) is 8.93. The number of nitrogens with one attached hydrogen (secondary N) is 1. The van der Waals surface area contributed by atoms with Gasteiger partial charge in [0.05, 0.1) is 0 Å². The van der Waals surface area contributed by atoms with E-state index in [2.05, 4.69) is 12.2 Å². The van der Waals surface area contributed by atoms with Crippen LogP contribution < -0.4 is 5.32 Å². The van der Waals surface area contributed by atoms with Gasteiger partial charge >= 0.3 is 6.09 Å². The van der Waals surface area contributed by atoms with E-state index in [9.17, 15) is 4.79 Å². The number of rotatable bonds is 5. The third-order valence-corrected chi connectivity index (χ3v) is 5.24. The average Bonchev–Trinajstić information content (AvgIpc) is 2.53. The summed E-state index contributed by atoms with van der Waals surface area (Å²) in [6, 6.07) is 10.5. The molecule has 1 heterocycles. The summed E-state index contributed by atoms with van der Waals surface area (Å²) in [5.74, 6) is 0.854. The standard InChI is InChI=1S/C19H28N2O2/c1-15-10-11-18(20-12-16-8-5-9-16)13-21(15)19(22)23-14-17-6-3-2-4-7-17/h2-4,6-7,15-16,18,20H,5,8-14H2,1H3/t15-,18+/m0/s1. The zero-order chi connectivity index (χ0) is 16.1. The predicted molar refractivity (Wildman–Crippen MR) is 91.2 cm³/mol. The minimum atomic E-state index is -0.184. The van der Waals surface area contributed by atoms with Crippen LogP contribution in [-0.2, 0) is 11.3 Å². The number of nitrogens with zero attached hydrogens (tertiary/aromatic N) is 1. The molecule has 1 saturated heterocycles. The van der Waals surface area contributed by atoms with E-state index in [0.29, 0.717) is 12.6 Å². The van der Waals surface area contributed by atoms with Crippen LogP contribution in [0.15, 0.2) is 30.3 Å². The molecule has 2 atom stereocenters. The molecule has 0 aromatic heterocycles. The summed E-state index contributed by atoms with van der Waals surface area (Å²) in [4.78, 5) is 14.3. The molecule has 1 aromatic rings. The Morgan fingerprint density at radius 1 is 1.22 bits per heavy atom. The minimum absolute atomic E-state index is 0.184. The molecule has 0 bridgehead atoms. The smallest absolute Gasteiger partial charge is 0.410 e. The van der Waals surface area contributed by atoms with Gasteiger partial charge in [-0.15, -0.1) is 0 Å². The van der Waals surface area contributed by atoms with Gasteiger partial charge in [0.15, 0.2) is 0 Å². The van der Waals surface area contributed by atoms with Gasteiger partial charge in [-0.05, 0) is 50.6 Å². The third-order valence-electron chi connectivity index (χ3n) is 5.24. The van der Waals surface area contributed by atoms with E-state index in [4.69, 9.17) is 4.74 Å². The Labute approximate surface area is 139 Å². The second kappa shape index (κ2) is 7.82. The fourth-order valence-corrected chi connectivity index (χ4v) is 3.36. The first-order chi connectivity index (χ1) is 11.2. The van der Waals surface area contributed by atoms with Gasteiger partial charge in [0.1, 0.15) is 6.61 Å². The van der Waals surface area contributed by atoms with E-state index in [1.165, 1.54) is 19.3 Å². The molecule has 1 aromatic carbocycles. The number of likely N-dealkylation sites (tertiary alicyclic amines) is 1. The molecule has 0 radical (unpaired) electrons. The number of carbonyl (C=O) groups is 1. The molecule has 126 valence electrons. The van der Waals surface area contributed by atoms with Crippen molar-refractivity contribution in [2.24, 2.45) is 5.92 Å². The van der Waals surface area contributed by atoms with Crippen LogP contribution in [0.5, 0.6) is 0 Å². The molecule has 2 aliphatic rings. The highest BCUT2D eigenvalue weighted by Crippen LogP contribution is 2.26. The first kappa shape index (κ1) is 16.3. The summed E-state index contributed by atoms with van der Waals surface area (Å²) >= 11 is 0. The summed E-state index contributed by atoms with van der Waals surface area (Å²) in [5.41, 5.74) is 1.03. The fraction of sp³-hybridized carbons (Fsp3) is 0.632. The number of hydrogen-bond acceptors (Lipinski definition) is 3. The SMILES string of the molecule is C[C@H]1CC[C@@H](NCC2CCC2)CN1C(=O)OCc1ccccc1. The zero-order valence-electron chi connectivity index (χ0n) is 14.0. The Morgan fingerprint density at radius 3 is 2.70 bits per heavy atom. The van der Waals surface area contributed by atoms with Crippen molar-refractivity contribution in [3.8, 4) is 0 Å². The number of benzene rings is 1. The van der Waals surface area contributed by atoms with Crippen molar-refractivity contribution in [1.29, 1.82) is 0 Å². The van der Waals surface area contributed by atoms with Crippen LogP contribution >= 0.6 is 0 Å². The number of carbonyl (C=O) groups excluding carboxylic acids is 1. The molecule has 1 saturated carbocycles. The number of amides is 1.